The zero-order valence-electron chi connectivity index (χ0n) is 18.2. The predicted molar refractivity (Wildman–Crippen MR) is 125 cm³/mol. The lowest BCUT2D eigenvalue weighted by Gasteiger charge is -2.32. The van der Waals surface area contributed by atoms with E-state index >= 15 is 0 Å². The quantitative estimate of drug-likeness (QED) is 0.535. The summed E-state index contributed by atoms with van der Waals surface area (Å²) in [5.74, 6) is 0.330. The summed E-state index contributed by atoms with van der Waals surface area (Å²) in [5.41, 5.74) is 1.59. The minimum atomic E-state index is -0.384. The number of likely N-dealkylation sites (tertiary alicyclic amines) is 1. The summed E-state index contributed by atoms with van der Waals surface area (Å²) >= 11 is 6.04. The molecule has 1 N–H and O–H groups in total. The third-order valence-electron chi connectivity index (χ3n) is 5.82. The summed E-state index contributed by atoms with van der Waals surface area (Å²) in [6, 6.07) is 13.0. The van der Waals surface area contributed by atoms with Crippen molar-refractivity contribution < 1.29 is 13.9 Å². The Morgan fingerprint density at radius 2 is 1.85 bits per heavy atom. The molecule has 2 heterocycles. The van der Waals surface area contributed by atoms with Crippen LogP contribution < -0.4 is 10.1 Å². The highest BCUT2D eigenvalue weighted by Crippen LogP contribution is 2.24. The maximum absolute atomic E-state index is 13.1. The molecule has 4 rings (SSSR count). The number of nitrogens with one attached hydrogen (secondary N) is 1. The average Bonchev–Trinajstić information content (AvgIpc) is 2.85. The fourth-order valence-corrected chi connectivity index (χ4v) is 4.07. The Bertz CT molecular complexity index is 1030. The zero-order chi connectivity index (χ0) is 23.0. The molecule has 0 radical (unpaired) electrons. The van der Waals surface area contributed by atoms with E-state index in [-0.39, 0.29) is 23.7 Å². The van der Waals surface area contributed by atoms with Crippen molar-refractivity contribution in [2.24, 2.45) is 5.92 Å². The van der Waals surface area contributed by atoms with Gasteiger partial charge in [-0.15, -0.1) is 0 Å². The molecule has 0 spiro atoms. The van der Waals surface area contributed by atoms with E-state index in [9.17, 15) is 9.18 Å². The number of hydrogen-bond acceptors (Lipinski definition) is 5. The smallest absolute Gasteiger partial charge is 0.224 e. The van der Waals surface area contributed by atoms with Crippen LogP contribution in [-0.2, 0) is 4.79 Å². The van der Waals surface area contributed by atoms with Crippen LogP contribution in [0.15, 0.2) is 67.1 Å². The lowest BCUT2D eigenvalue weighted by Crippen LogP contribution is -2.43. The maximum Gasteiger partial charge on any atom is 0.224 e. The monoisotopic (exact) mass is 468 g/mol. The standard InChI is InChI=1S/C25H26ClFN4O2/c26-20-3-1-18(2-4-20)24(23-17-28-11-12-29-23)30-25(32)19-9-13-31(14-10-19)15-16-33-22-7-5-21(27)6-8-22/h1-8,11-12,17,19,24H,9-10,13-16H2,(H,30,32). The molecule has 1 unspecified atom stereocenters. The SMILES string of the molecule is O=C(NC(c1ccc(Cl)cc1)c1cnccn1)C1CCN(CCOc2ccc(F)cc2)CC1. The molecule has 1 fully saturated rings. The van der Waals surface area contributed by atoms with Gasteiger partial charge in [0.05, 0.1) is 17.9 Å². The normalized spacial score (nSPS) is 15.7. The van der Waals surface area contributed by atoms with Gasteiger partial charge in [-0.05, 0) is 67.9 Å². The topological polar surface area (TPSA) is 67.4 Å². The van der Waals surface area contributed by atoms with Crippen LogP contribution in [0.3, 0.4) is 0 Å². The lowest BCUT2D eigenvalue weighted by atomic mass is 9.94. The highest BCUT2D eigenvalue weighted by molar-refractivity contribution is 6.30. The number of benzene rings is 2. The first-order valence-electron chi connectivity index (χ1n) is 11.0. The number of carbonyl (C=O) groups excluding carboxylic acids is 1. The van der Waals surface area contributed by atoms with E-state index in [2.05, 4.69) is 20.2 Å². The first-order valence-corrected chi connectivity index (χ1v) is 11.4. The predicted octanol–water partition coefficient (Wildman–Crippen LogP) is 4.27. The number of piperidine rings is 1. The van der Waals surface area contributed by atoms with Crippen molar-refractivity contribution >= 4 is 17.5 Å². The summed E-state index contributed by atoms with van der Waals surface area (Å²) in [4.78, 5) is 23.9. The van der Waals surface area contributed by atoms with Gasteiger partial charge >= 0.3 is 0 Å². The van der Waals surface area contributed by atoms with Gasteiger partial charge in [0.15, 0.2) is 0 Å². The van der Waals surface area contributed by atoms with Crippen molar-refractivity contribution in [1.29, 1.82) is 0 Å². The van der Waals surface area contributed by atoms with Crippen LogP contribution in [0.1, 0.15) is 30.1 Å². The van der Waals surface area contributed by atoms with Crippen molar-refractivity contribution in [2.45, 2.75) is 18.9 Å². The molecule has 1 saturated heterocycles. The molecular formula is C25H26ClFN4O2. The Hall–Kier alpha value is -3.03. The second-order valence-electron chi connectivity index (χ2n) is 8.04. The molecule has 1 amide bonds. The van der Waals surface area contributed by atoms with Crippen LogP contribution in [0.4, 0.5) is 4.39 Å². The van der Waals surface area contributed by atoms with Gasteiger partial charge in [-0.2, -0.15) is 0 Å². The third-order valence-corrected chi connectivity index (χ3v) is 6.07. The molecule has 3 aromatic rings. The fourth-order valence-electron chi connectivity index (χ4n) is 3.95. The molecule has 2 aromatic carbocycles. The Morgan fingerprint density at radius 1 is 1.12 bits per heavy atom. The summed E-state index contributed by atoms with van der Waals surface area (Å²) in [7, 11) is 0. The van der Waals surface area contributed by atoms with Crippen LogP contribution in [0.2, 0.25) is 5.02 Å². The van der Waals surface area contributed by atoms with Gasteiger partial charge in [0, 0.05) is 29.9 Å². The van der Waals surface area contributed by atoms with Gasteiger partial charge < -0.3 is 10.1 Å². The first kappa shape index (κ1) is 23.1. The molecule has 1 atom stereocenters. The van der Waals surface area contributed by atoms with Crippen molar-refractivity contribution in [3.8, 4) is 5.75 Å². The van der Waals surface area contributed by atoms with Gasteiger partial charge in [-0.1, -0.05) is 23.7 Å². The third kappa shape index (κ3) is 6.49. The molecule has 172 valence electrons. The number of hydrogen-bond donors (Lipinski definition) is 1. The number of amides is 1. The number of nitrogens with zero attached hydrogens (tertiary/aromatic N) is 3. The van der Waals surface area contributed by atoms with Crippen molar-refractivity contribution in [3.63, 3.8) is 0 Å². The van der Waals surface area contributed by atoms with Gasteiger partial charge in [0.1, 0.15) is 18.2 Å². The lowest BCUT2D eigenvalue weighted by molar-refractivity contribution is -0.127. The summed E-state index contributed by atoms with van der Waals surface area (Å²) < 4.78 is 18.7. The summed E-state index contributed by atoms with van der Waals surface area (Å²) in [5, 5.41) is 3.80. The van der Waals surface area contributed by atoms with E-state index in [1.54, 1.807) is 42.9 Å². The molecule has 0 aliphatic carbocycles. The second kappa shape index (κ2) is 11.2. The van der Waals surface area contributed by atoms with Crippen LogP contribution in [0.25, 0.3) is 0 Å². The van der Waals surface area contributed by atoms with E-state index in [1.165, 1.54) is 12.1 Å². The fraction of sp³-hybridized carbons (Fsp3) is 0.320. The Kier molecular flexibility index (Phi) is 7.86. The van der Waals surface area contributed by atoms with E-state index in [0.717, 1.165) is 38.0 Å². The Morgan fingerprint density at radius 3 is 2.52 bits per heavy atom. The number of carbonyl (C=O) groups is 1. The van der Waals surface area contributed by atoms with Crippen LogP contribution >= 0.6 is 11.6 Å². The molecule has 0 bridgehead atoms. The van der Waals surface area contributed by atoms with E-state index < -0.39 is 0 Å². The summed E-state index contributed by atoms with van der Waals surface area (Å²) in [6.45, 7) is 2.93. The molecule has 8 heteroatoms. The molecule has 1 aromatic heterocycles. The average molecular weight is 469 g/mol. The van der Waals surface area contributed by atoms with Crippen LogP contribution in [0, 0.1) is 11.7 Å². The van der Waals surface area contributed by atoms with Crippen molar-refractivity contribution in [2.75, 3.05) is 26.2 Å². The van der Waals surface area contributed by atoms with Crippen molar-refractivity contribution in [3.05, 3.63) is 89.2 Å². The first-order chi connectivity index (χ1) is 16.1. The van der Waals surface area contributed by atoms with Gasteiger partial charge in [0.2, 0.25) is 5.91 Å². The second-order valence-corrected chi connectivity index (χ2v) is 8.48. The van der Waals surface area contributed by atoms with E-state index in [1.807, 2.05) is 12.1 Å². The van der Waals surface area contributed by atoms with Gasteiger partial charge in [-0.25, -0.2) is 4.39 Å². The Labute approximate surface area is 197 Å². The minimum Gasteiger partial charge on any atom is -0.492 e. The molecule has 1 aliphatic heterocycles. The van der Waals surface area contributed by atoms with E-state index in [0.29, 0.717) is 23.1 Å². The molecular weight excluding hydrogens is 443 g/mol. The maximum atomic E-state index is 13.1. The minimum absolute atomic E-state index is 0.0165. The highest BCUT2D eigenvalue weighted by Gasteiger charge is 2.28. The number of ether oxygens (including phenoxy) is 1. The molecule has 33 heavy (non-hydrogen) atoms. The van der Waals surface area contributed by atoms with Crippen molar-refractivity contribution in [1.82, 2.24) is 20.2 Å². The Balaban J connectivity index is 1.29. The molecule has 0 saturated carbocycles. The van der Waals surface area contributed by atoms with Crippen LogP contribution in [-0.4, -0.2) is 47.0 Å². The number of halogens is 2. The van der Waals surface area contributed by atoms with Crippen LogP contribution in [0.5, 0.6) is 5.75 Å². The molecule has 1 aliphatic rings. The summed E-state index contributed by atoms with van der Waals surface area (Å²) in [6.07, 6.45) is 6.45. The zero-order valence-corrected chi connectivity index (χ0v) is 18.9. The highest BCUT2D eigenvalue weighted by atomic mass is 35.5. The number of rotatable bonds is 8. The van der Waals surface area contributed by atoms with Gasteiger partial charge in [0.25, 0.3) is 0 Å². The largest absolute Gasteiger partial charge is 0.492 e. The molecule has 6 nitrogen and oxygen atoms in total. The van der Waals surface area contributed by atoms with E-state index in [4.69, 9.17) is 16.3 Å². The van der Waals surface area contributed by atoms with Gasteiger partial charge in [-0.3, -0.25) is 19.7 Å². The number of aromatic nitrogens is 2.